The highest BCUT2D eigenvalue weighted by atomic mass is 35.5. The fourth-order valence-corrected chi connectivity index (χ4v) is 5.17. The standard InChI is InChI=1S/C24H26ClF3N4O3S/c1-14-9-17(25)12-18(21(14)33)22(34)30-23-29-20-15(10-16(24(26,27)28)11-19(20)36-23)13-35-8-7-32-5-3-31(2)4-6-32/h9-12,33H,3-8,13H2,1-2H3,(H,29,30,34). The fraction of sp³-hybridized carbons (Fsp3) is 0.417. The number of benzene rings is 2. The molecule has 0 aliphatic carbocycles. The van der Waals surface area contributed by atoms with Crippen LogP contribution in [0.2, 0.25) is 5.02 Å². The first kappa shape index (κ1) is 26.6. The number of anilines is 1. The predicted molar refractivity (Wildman–Crippen MR) is 134 cm³/mol. The third kappa shape index (κ3) is 6.27. The molecular weight excluding hydrogens is 517 g/mol. The summed E-state index contributed by atoms with van der Waals surface area (Å²) in [4.78, 5) is 21.6. The molecule has 0 atom stereocenters. The Hall–Kier alpha value is -2.44. The number of likely N-dealkylation sites (N-methyl/N-ethyl adjacent to an activating group) is 1. The van der Waals surface area contributed by atoms with Crippen molar-refractivity contribution in [1.82, 2.24) is 14.8 Å². The van der Waals surface area contributed by atoms with Crippen LogP contribution in [0, 0.1) is 6.92 Å². The molecule has 194 valence electrons. The first-order valence-electron chi connectivity index (χ1n) is 11.3. The van der Waals surface area contributed by atoms with Gasteiger partial charge in [0.2, 0.25) is 0 Å². The molecule has 2 heterocycles. The summed E-state index contributed by atoms with van der Waals surface area (Å²) in [6.07, 6.45) is -4.54. The summed E-state index contributed by atoms with van der Waals surface area (Å²) < 4.78 is 46.6. The maximum atomic E-state index is 13.5. The Morgan fingerprint density at radius 2 is 1.94 bits per heavy atom. The summed E-state index contributed by atoms with van der Waals surface area (Å²) in [5, 5.41) is 13.2. The molecule has 36 heavy (non-hydrogen) atoms. The number of thiazole rings is 1. The number of carbonyl (C=O) groups excluding carboxylic acids is 1. The van der Waals surface area contributed by atoms with E-state index in [1.54, 1.807) is 6.92 Å². The number of phenols is 1. The number of halogens is 4. The number of carbonyl (C=O) groups is 1. The number of phenolic OH excluding ortho intramolecular Hbond substituents is 1. The Bertz CT molecular complexity index is 1260. The van der Waals surface area contributed by atoms with Crippen LogP contribution in [0.25, 0.3) is 10.2 Å². The van der Waals surface area contributed by atoms with Gasteiger partial charge in [-0.15, -0.1) is 0 Å². The summed E-state index contributed by atoms with van der Waals surface area (Å²) in [6.45, 7) is 6.40. The first-order valence-corrected chi connectivity index (χ1v) is 12.5. The zero-order chi connectivity index (χ0) is 26.0. The van der Waals surface area contributed by atoms with Gasteiger partial charge in [0, 0.05) is 43.3 Å². The Balaban J connectivity index is 1.52. The second kappa shape index (κ2) is 10.9. The van der Waals surface area contributed by atoms with Crippen molar-refractivity contribution >= 4 is 44.2 Å². The second-order valence-corrected chi connectivity index (χ2v) is 10.2. The topological polar surface area (TPSA) is 77.9 Å². The number of amides is 1. The zero-order valence-corrected chi connectivity index (χ0v) is 21.4. The minimum absolute atomic E-state index is 0.0421. The molecule has 0 radical (unpaired) electrons. The molecule has 0 bridgehead atoms. The minimum Gasteiger partial charge on any atom is -0.507 e. The summed E-state index contributed by atoms with van der Waals surface area (Å²) in [5.74, 6) is -0.898. The number of aromatic hydroxyl groups is 1. The van der Waals surface area contributed by atoms with E-state index in [0.717, 1.165) is 49.6 Å². The van der Waals surface area contributed by atoms with Crippen molar-refractivity contribution < 1.29 is 27.8 Å². The number of aromatic nitrogens is 1. The second-order valence-electron chi connectivity index (χ2n) is 8.77. The van der Waals surface area contributed by atoms with Crippen LogP contribution in [0.3, 0.4) is 0 Å². The van der Waals surface area contributed by atoms with Gasteiger partial charge in [-0.2, -0.15) is 13.2 Å². The monoisotopic (exact) mass is 542 g/mol. The van der Waals surface area contributed by atoms with Crippen LogP contribution < -0.4 is 5.32 Å². The first-order chi connectivity index (χ1) is 17.0. The van der Waals surface area contributed by atoms with Gasteiger partial charge in [-0.1, -0.05) is 22.9 Å². The predicted octanol–water partition coefficient (Wildman–Crippen LogP) is 5.00. The van der Waals surface area contributed by atoms with E-state index < -0.39 is 17.6 Å². The fourth-order valence-electron chi connectivity index (χ4n) is 3.95. The van der Waals surface area contributed by atoms with Gasteiger partial charge in [-0.3, -0.25) is 15.0 Å². The van der Waals surface area contributed by atoms with Crippen molar-refractivity contribution in [2.75, 3.05) is 51.7 Å². The lowest BCUT2D eigenvalue weighted by Gasteiger charge is -2.32. The number of hydrogen-bond donors (Lipinski definition) is 2. The molecule has 0 unspecified atom stereocenters. The zero-order valence-electron chi connectivity index (χ0n) is 19.8. The number of hydrogen-bond acceptors (Lipinski definition) is 7. The van der Waals surface area contributed by atoms with Gasteiger partial charge in [0.05, 0.1) is 34.6 Å². The molecule has 1 amide bonds. The highest BCUT2D eigenvalue weighted by Gasteiger charge is 2.32. The van der Waals surface area contributed by atoms with E-state index in [1.807, 2.05) is 0 Å². The Morgan fingerprint density at radius 1 is 1.22 bits per heavy atom. The molecule has 2 N–H and O–H groups in total. The number of rotatable bonds is 7. The summed E-state index contributed by atoms with van der Waals surface area (Å²) >= 11 is 6.92. The number of alkyl halides is 3. The Morgan fingerprint density at radius 3 is 2.64 bits per heavy atom. The van der Waals surface area contributed by atoms with Gasteiger partial charge < -0.3 is 14.7 Å². The van der Waals surface area contributed by atoms with Crippen LogP contribution in [0.15, 0.2) is 24.3 Å². The van der Waals surface area contributed by atoms with Crippen molar-refractivity contribution in [2.45, 2.75) is 19.7 Å². The molecule has 12 heteroatoms. The number of fused-ring (bicyclic) bond motifs is 1. The molecule has 1 saturated heterocycles. The Kier molecular flexibility index (Phi) is 8.06. The van der Waals surface area contributed by atoms with E-state index in [9.17, 15) is 23.1 Å². The SMILES string of the molecule is Cc1cc(Cl)cc(C(=O)Nc2nc3c(COCCN4CCN(C)CC4)cc(C(F)(F)F)cc3s2)c1O. The van der Waals surface area contributed by atoms with Gasteiger partial charge in [0.25, 0.3) is 5.91 Å². The molecule has 7 nitrogen and oxygen atoms in total. The molecule has 1 aromatic heterocycles. The summed E-state index contributed by atoms with van der Waals surface area (Å²) in [5.41, 5.74) is 0.175. The molecular formula is C24H26ClF3N4O3S. The third-order valence-corrected chi connectivity index (χ3v) is 7.17. The molecule has 4 rings (SSSR count). The van der Waals surface area contributed by atoms with Crippen molar-refractivity contribution in [3.05, 3.63) is 51.5 Å². The lowest BCUT2D eigenvalue weighted by atomic mass is 10.1. The maximum absolute atomic E-state index is 13.5. The summed E-state index contributed by atoms with van der Waals surface area (Å²) in [7, 11) is 2.07. The molecule has 3 aromatic rings. The van der Waals surface area contributed by atoms with Gasteiger partial charge >= 0.3 is 6.18 Å². The van der Waals surface area contributed by atoms with Crippen LogP contribution in [-0.2, 0) is 17.5 Å². The van der Waals surface area contributed by atoms with Gasteiger partial charge in [-0.25, -0.2) is 4.98 Å². The lowest BCUT2D eigenvalue weighted by Crippen LogP contribution is -2.45. The Labute approximate surface area is 215 Å². The van der Waals surface area contributed by atoms with Crippen LogP contribution in [0.1, 0.15) is 27.0 Å². The maximum Gasteiger partial charge on any atom is 0.416 e. The van der Waals surface area contributed by atoms with Crippen molar-refractivity contribution in [2.24, 2.45) is 0 Å². The molecule has 1 fully saturated rings. The van der Waals surface area contributed by atoms with Gasteiger partial charge in [0.1, 0.15) is 5.75 Å². The van der Waals surface area contributed by atoms with E-state index in [1.165, 1.54) is 12.1 Å². The van der Waals surface area contributed by atoms with Crippen LogP contribution in [-0.4, -0.2) is 72.2 Å². The molecule has 0 saturated carbocycles. The molecule has 2 aromatic carbocycles. The number of ether oxygens (including phenoxy) is 1. The summed E-state index contributed by atoms with van der Waals surface area (Å²) in [6, 6.07) is 4.88. The number of piperazine rings is 1. The van der Waals surface area contributed by atoms with Crippen LogP contribution in [0.4, 0.5) is 18.3 Å². The highest BCUT2D eigenvalue weighted by Crippen LogP contribution is 2.37. The quantitative estimate of drug-likeness (QED) is 0.409. The van der Waals surface area contributed by atoms with Gasteiger partial charge in [0.15, 0.2) is 5.13 Å². The third-order valence-electron chi connectivity index (χ3n) is 6.04. The van der Waals surface area contributed by atoms with Crippen LogP contribution >= 0.6 is 22.9 Å². The van der Waals surface area contributed by atoms with E-state index in [0.29, 0.717) is 24.2 Å². The lowest BCUT2D eigenvalue weighted by molar-refractivity contribution is -0.137. The molecule has 1 aliphatic heterocycles. The smallest absolute Gasteiger partial charge is 0.416 e. The molecule has 0 spiro atoms. The minimum atomic E-state index is -4.54. The van der Waals surface area contributed by atoms with E-state index in [2.05, 4.69) is 27.1 Å². The van der Waals surface area contributed by atoms with E-state index in [-0.39, 0.29) is 38.3 Å². The largest absolute Gasteiger partial charge is 0.507 e. The van der Waals surface area contributed by atoms with E-state index >= 15 is 0 Å². The van der Waals surface area contributed by atoms with E-state index in [4.69, 9.17) is 16.3 Å². The normalized spacial score (nSPS) is 15.5. The average Bonchev–Trinajstić information content (AvgIpc) is 3.22. The highest BCUT2D eigenvalue weighted by molar-refractivity contribution is 7.22. The average molecular weight is 543 g/mol. The van der Waals surface area contributed by atoms with Gasteiger partial charge in [-0.05, 0) is 43.8 Å². The van der Waals surface area contributed by atoms with Crippen molar-refractivity contribution in [1.29, 1.82) is 0 Å². The molecule has 1 aliphatic rings. The van der Waals surface area contributed by atoms with Crippen LogP contribution in [0.5, 0.6) is 5.75 Å². The number of nitrogens with zero attached hydrogens (tertiary/aromatic N) is 3. The van der Waals surface area contributed by atoms with Crippen molar-refractivity contribution in [3.8, 4) is 5.75 Å². The number of aryl methyl sites for hydroxylation is 1. The number of nitrogens with one attached hydrogen (secondary N) is 1. The van der Waals surface area contributed by atoms with Crippen molar-refractivity contribution in [3.63, 3.8) is 0 Å².